The molecule has 33 heavy (non-hydrogen) atoms. The van der Waals surface area contributed by atoms with E-state index in [1.807, 2.05) is 6.07 Å². The average molecular weight is 450 g/mol. The number of methoxy groups -OCH3 is 1. The van der Waals surface area contributed by atoms with Crippen molar-refractivity contribution >= 4 is 10.9 Å². The normalized spacial score (nSPS) is 28.8. The van der Waals surface area contributed by atoms with Crippen molar-refractivity contribution in [2.24, 2.45) is 17.8 Å². The van der Waals surface area contributed by atoms with Gasteiger partial charge >= 0.3 is 0 Å². The lowest BCUT2D eigenvalue weighted by atomic mass is 9.77. The molecule has 1 saturated carbocycles. The summed E-state index contributed by atoms with van der Waals surface area (Å²) in [6, 6.07) is 14.0. The van der Waals surface area contributed by atoms with Crippen molar-refractivity contribution in [1.29, 1.82) is 0 Å². The Hall–Kier alpha value is -2.17. The third kappa shape index (κ3) is 3.91. The highest BCUT2D eigenvalue weighted by atomic mass is 19.1. The summed E-state index contributed by atoms with van der Waals surface area (Å²) in [5, 5.41) is 0.630. The minimum Gasteiger partial charge on any atom is -0.372 e. The predicted octanol–water partition coefficient (Wildman–Crippen LogP) is 7.61. The maximum Gasteiger partial charge on any atom is 0.137 e. The monoisotopic (exact) mass is 449 g/mol. The zero-order valence-electron chi connectivity index (χ0n) is 20.4. The quantitative estimate of drug-likeness (QED) is 0.387. The zero-order valence-corrected chi connectivity index (χ0v) is 20.4. The van der Waals surface area contributed by atoms with E-state index in [9.17, 15) is 0 Å². The number of benzene rings is 2. The van der Waals surface area contributed by atoms with Crippen LogP contribution in [-0.4, -0.2) is 17.8 Å². The maximum absolute atomic E-state index is 15.3. The molecule has 0 radical (unpaired) electrons. The van der Waals surface area contributed by atoms with Gasteiger partial charge in [-0.15, -0.1) is 0 Å². The van der Waals surface area contributed by atoms with Gasteiger partial charge in [-0.3, -0.25) is 0 Å². The highest BCUT2D eigenvalue weighted by molar-refractivity contribution is 5.85. The third-order valence-corrected chi connectivity index (χ3v) is 8.33. The number of hydrogen-bond acceptors (Lipinski definition) is 2. The smallest absolute Gasteiger partial charge is 0.137 e. The molecule has 2 aliphatic rings. The van der Waals surface area contributed by atoms with Crippen molar-refractivity contribution in [2.45, 2.75) is 71.3 Å². The molecule has 0 bridgehead atoms. The molecule has 3 nitrogen and oxygen atoms in total. The number of hydrogen-bond donors (Lipinski definition) is 0. The van der Waals surface area contributed by atoms with E-state index in [-0.39, 0.29) is 24.3 Å². The molecule has 4 heteroatoms. The number of aromatic nitrogens is 1. The summed E-state index contributed by atoms with van der Waals surface area (Å²) >= 11 is 0. The lowest BCUT2D eigenvalue weighted by molar-refractivity contribution is -0.166. The van der Waals surface area contributed by atoms with Gasteiger partial charge in [0.05, 0.1) is 11.6 Å². The Labute approximate surface area is 196 Å². The largest absolute Gasteiger partial charge is 0.372 e. The molecule has 0 N–H and O–H groups in total. The molecule has 1 aromatic heterocycles. The molecule has 6 atom stereocenters. The Balaban J connectivity index is 1.60. The fourth-order valence-corrected chi connectivity index (χ4v) is 5.80. The van der Waals surface area contributed by atoms with Gasteiger partial charge in [-0.05, 0) is 60.3 Å². The molecule has 1 aliphatic heterocycles. The van der Waals surface area contributed by atoms with E-state index in [1.54, 1.807) is 19.2 Å². The van der Waals surface area contributed by atoms with Crippen molar-refractivity contribution in [1.82, 2.24) is 4.57 Å². The summed E-state index contributed by atoms with van der Waals surface area (Å²) in [4.78, 5) is 0. The molecule has 5 rings (SSSR count). The third-order valence-electron chi connectivity index (χ3n) is 8.33. The van der Waals surface area contributed by atoms with Crippen LogP contribution in [-0.2, 0) is 9.47 Å². The van der Waals surface area contributed by atoms with Gasteiger partial charge in [-0.2, -0.15) is 0 Å². The van der Waals surface area contributed by atoms with Crippen molar-refractivity contribution in [3.05, 3.63) is 71.2 Å². The Morgan fingerprint density at radius 3 is 2.39 bits per heavy atom. The first-order valence-electron chi connectivity index (χ1n) is 12.5. The van der Waals surface area contributed by atoms with Gasteiger partial charge in [0.25, 0.3) is 0 Å². The Morgan fingerprint density at radius 2 is 1.76 bits per heavy atom. The van der Waals surface area contributed by atoms with Crippen molar-refractivity contribution in [3.63, 3.8) is 0 Å². The van der Waals surface area contributed by atoms with E-state index < -0.39 is 0 Å². The highest BCUT2D eigenvalue weighted by Gasteiger charge is 2.40. The first-order chi connectivity index (χ1) is 15.9. The van der Waals surface area contributed by atoms with Gasteiger partial charge in [-0.1, -0.05) is 58.0 Å². The molecular weight excluding hydrogens is 413 g/mol. The molecule has 2 aromatic carbocycles. The number of halogens is 1. The molecule has 176 valence electrons. The first kappa shape index (κ1) is 22.6. The minimum absolute atomic E-state index is 0.131. The second-order valence-electron chi connectivity index (χ2n) is 10.2. The van der Waals surface area contributed by atoms with Crippen LogP contribution in [0, 0.1) is 23.6 Å². The van der Waals surface area contributed by atoms with Gasteiger partial charge in [0, 0.05) is 30.2 Å². The summed E-state index contributed by atoms with van der Waals surface area (Å²) in [6.45, 7) is 9.05. The van der Waals surface area contributed by atoms with Crippen LogP contribution in [0.3, 0.4) is 0 Å². The predicted molar refractivity (Wildman–Crippen MR) is 131 cm³/mol. The van der Waals surface area contributed by atoms with E-state index in [4.69, 9.17) is 9.47 Å². The summed E-state index contributed by atoms with van der Waals surface area (Å²) in [5.41, 5.74) is 4.17. The van der Waals surface area contributed by atoms with E-state index in [2.05, 4.69) is 62.7 Å². The maximum atomic E-state index is 15.3. The topological polar surface area (TPSA) is 23.4 Å². The van der Waals surface area contributed by atoms with E-state index >= 15 is 4.39 Å². The molecule has 2 fully saturated rings. The van der Waals surface area contributed by atoms with E-state index in [0.29, 0.717) is 29.1 Å². The van der Waals surface area contributed by atoms with Crippen molar-refractivity contribution < 1.29 is 13.9 Å². The summed E-state index contributed by atoms with van der Waals surface area (Å²) in [7, 11) is 1.71. The van der Waals surface area contributed by atoms with E-state index in [0.717, 1.165) is 23.1 Å². The molecular formula is C29H36FNO2. The molecule has 1 saturated heterocycles. The van der Waals surface area contributed by atoms with Crippen LogP contribution in [0.4, 0.5) is 4.39 Å². The lowest BCUT2D eigenvalue weighted by Gasteiger charge is -2.44. The number of rotatable bonds is 6. The summed E-state index contributed by atoms with van der Waals surface area (Å²) in [5.74, 6) is 1.82. The van der Waals surface area contributed by atoms with Crippen LogP contribution in [0.2, 0.25) is 0 Å². The first-order valence-corrected chi connectivity index (χ1v) is 12.5. The van der Waals surface area contributed by atoms with Gasteiger partial charge in [0.2, 0.25) is 0 Å². The van der Waals surface area contributed by atoms with Crippen LogP contribution >= 0.6 is 0 Å². The second-order valence-corrected chi connectivity index (χ2v) is 10.2. The Morgan fingerprint density at radius 1 is 1.03 bits per heavy atom. The second kappa shape index (κ2) is 8.88. The van der Waals surface area contributed by atoms with Gasteiger partial charge in [0.15, 0.2) is 0 Å². The van der Waals surface area contributed by atoms with Crippen LogP contribution in [0.5, 0.6) is 0 Å². The fraction of sp³-hybridized carbons (Fsp3) is 0.517. The number of nitrogens with zero attached hydrogens (tertiary/aromatic N) is 1. The number of fused-ring (bicyclic) bond motifs is 1. The summed E-state index contributed by atoms with van der Waals surface area (Å²) in [6.07, 6.45) is 5.34. The van der Waals surface area contributed by atoms with Gasteiger partial charge in [0.1, 0.15) is 18.1 Å². The Bertz CT molecular complexity index is 1110. The number of ether oxygens (including phenoxy) is 2. The lowest BCUT2D eigenvalue weighted by Crippen LogP contribution is -2.42. The molecule has 3 aromatic rings. The van der Waals surface area contributed by atoms with Gasteiger partial charge < -0.3 is 14.0 Å². The van der Waals surface area contributed by atoms with Gasteiger partial charge in [-0.25, -0.2) is 4.39 Å². The SMILES string of the molecule is CC[C@H]1O[C@@H](n2cc(C(OC)c3ccc(C4CC4)cc3)c3c(F)cccc32)[C@H](C)[C@@H](C)[C@@H]1C. The minimum atomic E-state index is -0.337. The van der Waals surface area contributed by atoms with Crippen molar-refractivity contribution in [3.8, 4) is 0 Å². The average Bonchev–Trinajstić information content (AvgIpc) is 3.61. The molecule has 2 heterocycles. The molecule has 1 unspecified atom stereocenters. The van der Waals surface area contributed by atoms with Crippen LogP contribution in [0.15, 0.2) is 48.7 Å². The van der Waals surface area contributed by atoms with E-state index in [1.165, 1.54) is 18.4 Å². The molecule has 1 aliphatic carbocycles. The highest BCUT2D eigenvalue weighted by Crippen LogP contribution is 2.45. The van der Waals surface area contributed by atoms with Crippen molar-refractivity contribution in [2.75, 3.05) is 7.11 Å². The van der Waals surface area contributed by atoms with Crippen LogP contribution < -0.4 is 0 Å². The zero-order chi connectivity index (χ0) is 23.3. The summed E-state index contributed by atoms with van der Waals surface area (Å²) < 4.78 is 30.1. The molecule has 0 amide bonds. The van der Waals surface area contributed by atoms with Crippen LogP contribution in [0.25, 0.3) is 10.9 Å². The fourth-order valence-electron chi connectivity index (χ4n) is 5.80. The Kier molecular flexibility index (Phi) is 6.09. The van der Waals surface area contributed by atoms with Crippen LogP contribution in [0.1, 0.15) is 81.9 Å². The standard InChI is InChI=1S/C29H36FNO2/c1-6-26-18(3)17(2)19(4)29(33-26)31-16-23(27-24(30)8-7-9-25(27)31)28(32-5)22-14-12-21(13-15-22)20-10-11-20/h7-9,12-20,26,28-29H,6,10-11H2,1-5H3/t17-,18-,19+,26+,28?,29+/m0/s1. The molecule has 0 spiro atoms.